The van der Waals surface area contributed by atoms with Crippen molar-refractivity contribution in [3.8, 4) is 0 Å². The molecule has 1 aromatic heterocycles. The predicted octanol–water partition coefficient (Wildman–Crippen LogP) is 2.30. The maximum absolute atomic E-state index is 13.1. The molecule has 2 heterocycles. The zero-order valence-electron chi connectivity index (χ0n) is 10.5. The van der Waals surface area contributed by atoms with E-state index in [-0.39, 0.29) is 5.82 Å². The Hall–Kier alpha value is -1.16. The predicted molar refractivity (Wildman–Crippen MR) is 67.3 cm³/mol. The van der Waals surface area contributed by atoms with Gasteiger partial charge in [0.05, 0.1) is 6.20 Å². The van der Waals surface area contributed by atoms with E-state index in [1.807, 2.05) is 0 Å². The topological polar surface area (TPSA) is 42.2 Å². The van der Waals surface area contributed by atoms with Gasteiger partial charge in [0.25, 0.3) is 0 Å². The molecule has 0 saturated carbocycles. The zero-order chi connectivity index (χ0) is 12.4. The number of halogens is 1. The van der Waals surface area contributed by atoms with Crippen LogP contribution in [0.15, 0.2) is 12.3 Å². The minimum absolute atomic E-state index is 0.313. The van der Waals surface area contributed by atoms with Gasteiger partial charge < -0.3 is 10.6 Å². The van der Waals surface area contributed by atoms with E-state index < -0.39 is 0 Å². The number of anilines is 1. The molecule has 17 heavy (non-hydrogen) atoms. The fourth-order valence-electron chi connectivity index (χ4n) is 2.60. The SMILES string of the molecule is CC1CCN(c2ncc(F)cc2CN)C(C)C1. The molecule has 1 saturated heterocycles. The van der Waals surface area contributed by atoms with Crippen LogP contribution >= 0.6 is 0 Å². The molecule has 1 aromatic rings. The number of pyridine rings is 1. The van der Waals surface area contributed by atoms with Crippen molar-refractivity contribution in [2.75, 3.05) is 11.4 Å². The van der Waals surface area contributed by atoms with Crippen molar-refractivity contribution in [3.05, 3.63) is 23.6 Å². The first-order valence-corrected chi connectivity index (χ1v) is 6.23. The average Bonchev–Trinajstić information content (AvgIpc) is 2.30. The number of rotatable bonds is 2. The van der Waals surface area contributed by atoms with E-state index in [1.165, 1.54) is 12.3 Å². The lowest BCUT2D eigenvalue weighted by Gasteiger charge is -2.38. The summed E-state index contributed by atoms with van der Waals surface area (Å²) >= 11 is 0. The smallest absolute Gasteiger partial charge is 0.141 e. The van der Waals surface area contributed by atoms with Crippen LogP contribution < -0.4 is 10.6 Å². The average molecular weight is 237 g/mol. The highest BCUT2D eigenvalue weighted by Crippen LogP contribution is 2.28. The van der Waals surface area contributed by atoms with Crippen LogP contribution in [-0.4, -0.2) is 17.6 Å². The molecule has 0 radical (unpaired) electrons. The van der Waals surface area contributed by atoms with Gasteiger partial charge in [0.15, 0.2) is 0 Å². The summed E-state index contributed by atoms with van der Waals surface area (Å²) in [6, 6.07) is 1.94. The van der Waals surface area contributed by atoms with Crippen LogP contribution in [0, 0.1) is 11.7 Å². The summed E-state index contributed by atoms with van der Waals surface area (Å²) in [5.74, 6) is 1.29. The molecule has 0 amide bonds. The van der Waals surface area contributed by atoms with E-state index >= 15 is 0 Å². The number of nitrogens with two attached hydrogens (primary N) is 1. The van der Waals surface area contributed by atoms with Gasteiger partial charge in [-0.25, -0.2) is 9.37 Å². The number of aromatic nitrogens is 1. The highest BCUT2D eigenvalue weighted by atomic mass is 19.1. The van der Waals surface area contributed by atoms with E-state index in [2.05, 4.69) is 23.7 Å². The highest BCUT2D eigenvalue weighted by Gasteiger charge is 2.25. The molecule has 1 aliphatic rings. The van der Waals surface area contributed by atoms with Crippen molar-refractivity contribution in [1.82, 2.24) is 4.98 Å². The quantitative estimate of drug-likeness (QED) is 0.858. The molecule has 0 spiro atoms. The minimum Gasteiger partial charge on any atom is -0.354 e. The second kappa shape index (κ2) is 5.00. The molecule has 2 unspecified atom stereocenters. The van der Waals surface area contributed by atoms with Crippen LogP contribution in [0.2, 0.25) is 0 Å². The Morgan fingerprint density at radius 1 is 1.53 bits per heavy atom. The van der Waals surface area contributed by atoms with Gasteiger partial charge in [-0.1, -0.05) is 6.92 Å². The number of piperidine rings is 1. The third kappa shape index (κ3) is 2.57. The summed E-state index contributed by atoms with van der Waals surface area (Å²) in [5.41, 5.74) is 6.46. The minimum atomic E-state index is -0.313. The lowest BCUT2D eigenvalue weighted by atomic mass is 9.93. The zero-order valence-corrected chi connectivity index (χ0v) is 10.5. The van der Waals surface area contributed by atoms with E-state index in [0.717, 1.165) is 36.7 Å². The standard InChI is InChI=1S/C13H20FN3/c1-9-3-4-17(10(2)5-9)13-11(7-15)6-12(14)8-16-13/h6,8-10H,3-5,7,15H2,1-2H3. The fourth-order valence-corrected chi connectivity index (χ4v) is 2.60. The van der Waals surface area contributed by atoms with Gasteiger partial charge in [0.1, 0.15) is 11.6 Å². The van der Waals surface area contributed by atoms with Crippen LogP contribution in [0.4, 0.5) is 10.2 Å². The van der Waals surface area contributed by atoms with Crippen molar-refractivity contribution in [2.45, 2.75) is 39.3 Å². The van der Waals surface area contributed by atoms with Crippen molar-refractivity contribution < 1.29 is 4.39 Å². The molecule has 2 N–H and O–H groups in total. The molecule has 4 heteroatoms. The monoisotopic (exact) mass is 237 g/mol. The Balaban J connectivity index is 2.27. The summed E-state index contributed by atoms with van der Waals surface area (Å²) in [4.78, 5) is 6.47. The van der Waals surface area contributed by atoms with E-state index in [9.17, 15) is 4.39 Å². The lowest BCUT2D eigenvalue weighted by molar-refractivity contribution is 0.375. The fraction of sp³-hybridized carbons (Fsp3) is 0.615. The Morgan fingerprint density at radius 3 is 2.94 bits per heavy atom. The van der Waals surface area contributed by atoms with Gasteiger partial charge >= 0.3 is 0 Å². The van der Waals surface area contributed by atoms with Crippen LogP contribution in [-0.2, 0) is 6.54 Å². The molecular weight excluding hydrogens is 217 g/mol. The first kappa shape index (κ1) is 12.3. The van der Waals surface area contributed by atoms with Crippen LogP contribution in [0.25, 0.3) is 0 Å². The van der Waals surface area contributed by atoms with Gasteiger partial charge in [-0.05, 0) is 31.7 Å². The molecule has 1 aliphatic heterocycles. The highest BCUT2D eigenvalue weighted by molar-refractivity contribution is 5.48. The number of hydrogen-bond acceptors (Lipinski definition) is 3. The van der Waals surface area contributed by atoms with Gasteiger partial charge in [0.2, 0.25) is 0 Å². The molecule has 0 aliphatic carbocycles. The summed E-state index contributed by atoms with van der Waals surface area (Å²) in [6.45, 7) is 5.78. The van der Waals surface area contributed by atoms with Crippen molar-refractivity contribution in [3.63, 3.8) is 0 Å². The molecule has 2 rings (SSSR count). The Morgan fingerprint density at radius 2 is 2.29 bits per heavy atom. The summed E-state index contributed by atoms with van der Waals surface area (Å²) in [6.07, 6.45) is 3.59. The summed E-state index contributed by atoms with van der Waals surface area (Å²) in [5, 5.41) is 0. The summed E-state index contributed by atoms with van der Waals surface area (Å²) < 4.78 is 13.1. The van der Waals surface area contributed by atoms with Crippen LogP contribution in [0.3, 0.4) is 0 Å². The second-order valence-corrected chi connectivity index (χ2v) is 5.01. The molecule has 0 bridgehead atoms. The molecule has 3 nitrogen and oxygen atoms in total. The maximum Gasteiger partial charge on any atom is 0.141 e. The number of nitrogens with zero attached hydrogens (tertiary/aromatic N) is 2. The molecular formula is C13H20FN3. The maximum atomic E-state index is 13.1. The van der Waals surface area contributed by atoms with E-state index in [4.69, 9.17) is 5.73 Å². The van der Waals surface area contributed by atoms with E-state index in [0.29, 0.717) is 12.6 Å². The molecule has 1 fully saturated rings. The Kier molecular flexibility index (Phi) is 3.62. The molecule has 0 aromatic carbocycles. The summed E-state index contributed by atoms with van der Waals surface area (Å²) in [7, 11) is 0. The lowest BCUT2D eigenvalue weighted by Crippen LogP contribution is -2.41. The third-order valence-corrected chi connectivity index (χ3v) is 3.54. The van der Waals surface area contributed by atoms with Gasteiger partial charge in [-0.15, -0.1) is 0 Å². The molecule has 2 atom stereocenters. The largest absolute Gasteiger partial charge is 0.354 e. The van der Waals surface area contributed by atoms with Crippen molar-refractivity contribution >= 4 is 5.82 Å². The Labute approximate surface area is 102 Å². The Bertz CT molecular complexity index is 394. The molecule has 94 valence electrons. The first-order valence-electron chi connectivity index (χ1n) is 6.23. The van der Waals surface area contributed by atoms with Crippen molar-refractivity contribution in [2.24, 2.45) is 11.7 Å². The normalized spacial score (nSPS) is 25.1. The first-order chi connectivity index (χ1) is 8.11. The second-order valence-electron chi connectivity index (χ2n) is 5.01. The van der Waals surface area contributed by atoms with Crippen LogP contribution in [0.1, 0.15) is 32.3 Å². The van der Waals surface area contributed by atoms with E-state index in [1.54, 1.807) is 0 Å². The van der Waals surface area contributed by atoms with Gasteiger partial charge in [-0.3, -0.25) is 0 Å². The van der Waals surface area contributed by atoms with Gasteiger partial charge in [-0.2, -0.15) is 0 Å². The third-order valence-electron chi connectivity index (χ3n) is 3.54. The number of hydrogen-bond donors (Lipinski definition) is 1. The van der Waals surface area contributed by atoms with Crippen LogP contribution in [0.5, 0.6) is 0 Å². The van der Waals surface area contributed by atoms with Gasteiger partial charge in [0, 0.05) is 24.7 Å². The van der Waals surface area contributed by atoms with Crippen molar-refractivity contribution in [1.29, 1.82) is 0 Å².